The maximum atomic E-state index is 12.9. The summed E-state index contributed by atoms with van der Waals surface area (Å²) < 4.78 is 7.26. The second-order valence-corrected chi connectivity index (χ2v) is 10.3. The van der Waals surface area contributed by atoms with E-state index in [1.807, 2.05) is 30.5 Å². The van der Waals surface area contributed by atoms with Crippen molar-refractivity contribution in [2.45, 2.75) is 20.3 Å². The van der Waals surface area contributed by atoms with E-state index in [-0.39, 0.29) is 28.9 Å². The third-order valence-corrected chi connectivity index (χ3v) is 7.53. The molecule has 186 valence electrons. The molecule has 0 spiro atoms. The minimum absolute atomic E-state index is 0.0630. The maximum absolute atomic E-state index is 12.9. The number of ether oxygens (including phenoxy) is 1. The van der Waals surface area contributed by atoms with Crippen molar-refractivity contribution in [1.82, 2.24) is 14.5 Å². The van der Waals surface area contributed by atoms with Crippen LogP contribution in [0.3, 0.4) is 0 Å². The van der Waals surface area contributed by atoms with E-state index in [2.05, 4.69) is 10.1 Å². The van der Waals surface area contributed by atoms with E-state index in [0.29, 0.717) is 41.4 Å². The molecule has 0 unspecified atom stereocenters. The number of aryl methyl sites for hydroxylation is 1. The topological polar surface area (TPSA) is 103 Å². The minimum atomic E-state index is -0.524. The molecule has 5 rings (SSSR count). The first-order chi connectivity index (χ1) is 17.2. The van der Waals surface area contributed by atoms with Crippen LogP contribution in [0.15, 0.2) is 39.9 Å². The number of morpholine rings is 1. The molecule has 0 atom stereocenters. The summed E-state index contributed by atoms with van der Waals surface area (Å²) in [6.07, 6.45) is 1.73. The summed E-state index contributed by atoms with van der Waals surface area (Å²) in [5.74, 6) is -0.670. The average Bonchev–Trinajstić information content (AvgIpc) is 3.37. The highest BCUT2D eigenvalue weighted by Gasteiger charge is 2.36. The Kier molecular flexibility index (Phi) is 6.78. The van der Waals surface area contributed by atoms with Crippen molar-refractivity contribution in [3.8, 4) is 5.69 Å². The van der Waals surface area contributed by atoms with Gasteiger partial charge in [-0.3, -0.25) is 15.0 Å². The molecule has 12 heteroatoms. The van der Waals surface area contributed by atoms with Crippen LogP contribution in [0.5, 0.6) is 0 Å². The molecule has 3 aliphatic rings. The molecule has 3 aliphatic heterocycles. The maximum Gasteiger partial charge on any atom is 0.283 e. The molecule has 1 fully saturated rings. The summed E-state index contributed by atoms with van der Waals surface area (Å²) in [4.78, 5) is 31.4. The number of thioether (sulfide) groups is 1. The monoisotopic (exact) mass is 544 g/mol. The standard InChI is InChI=1S/C24H22Cl2N6O3S/c1-13-9-15(14(2)31(13)19-4-3-16(25)11-18(19)26)10-17-22(27)32-24(28-23(17)34)36-20(29-32)12-21(33)30-5-7-35-8-6-30/h3-4,9-11,27H,5-8,12H2,1-2H3/b17-10+,27-22?. The van der Waals surface area contributed by atoms with Crippen molar-refractivity contribution in [2.75, 3.05) is 26.3 Å². The van der Waals surface area contributed by atoms with Gasteiger partial charge in [-0.1, -0.05) is 23.2 Å². The Morgan fingerprint density at radius 2 is 1.97 bits per heavy atom. The molecule has 36 heavy (non-hydrogen) atoms. The lowest BCUT2D eigenvalue weighted by atomic mass is 10.1. The van der Waals surface area contributed by atoms with Gasteiger partial charge in [-0.25, -0.2) is 0 Å². The van der Waals surface area contributed by atoms with Crippen molar-refractivity contribution in [2.24, 2.45) is 10.1 Å². The number of halogens is 2. The van der Waals surface area contributed by atoms with E-state index in [0.717, 1.165) is 34.4 Å². The largest absolute Gasteiger partial charge is 0.378 e. The molecular formula is C24H22Cl2N6O3S. The Hall–Kier alpha value is -2.92. The van der Waals surface area contributed by atoms with E-state index in [9.17, 15) is 9.59 Å². The fraction of sp³-hybridized carbons (Fsp3) is 0.292. The highest BCUT2D eigenvalue weighted by Crippen LogP contribution is 2.32. The van der Waals surface area contributed by atoms with Crippen LogP contribution >= 0.6 is 35.0 Å². The number of aromatic nitrogens is 1. The van der Waals surface area contributed by atoms with Gasteiger partial charge in [-0.15, -0.1) is 0 Å². The quantitative estimate of drug-likeness (QED) is 0.579. The normalized spacial score (nSPS) is 19.1. The van der Waals surface area contributed by atoms with Gasteiger partial charge in [0.1, 0.15) is 5.04 Å². The lowest BCUT2D eigenvalue weighted by molar-refractivity contribution is -0.133. The molecule has 0 saturated carbocycles. The number of nitrogens with one attached hydrogen (secondary N) is 1. The second kappa shape index (κ2) is 9.85. The molecule has 2 amide bonds. The Morgan fingerprint density at radius 3 is 2.69 bits per heavy atom. The fourth-order valence-corrected chi connectivity index (χ4v) is 5.65. The molecule has 0 bridgehead atoms. The number of hydrazone groups is 1. The van der Waals surface area contributed by atoms with E-state index >= 15 is 0 Å². The van der Waals surface area contributed by atoms with E-state index in [1.165, 1.54) is 5.01 Å². The van der Waals surface area contributed by atoms with Crippen LogP contribution in [0.25, 0.3) is 11.8 Å². The van der Waals surface area contributed by atoms with Crippen LogP contribution in [0.2, 0.25) is 10.0 Å². The number of amides is 2. The zero-order valence-corrected chi connectivity index (χ0v) is 21.9. The number of rotatable bonds is 4. The molecule has 1 aromatic carbocycles. The van der Waals surface area contributed by atoms with Gasteiger partial charge < -0.3 is 14.2 Å². The molecule has 1 saturated heterocycles. The Balaban J connectivity index is 1.41. The van der Waals surface area contributed by atoms with Crippen LogP contribution in [0.1, 0.15) is 23.4 Å². The smallest absolute Gasteiger partial charge is 0.283 e. The number of hydrogen-bond donors (Lipinski definition) is 1. The SMILES string of the molecule is Cc1cc(/C=C2\C(=N)N3N=C(CC(=O)N4CCOCC4)SC3=NC2=O)c(C)n1-c1ccc(Cl)cc1Cl. The number of amidine groups is 2. The number of carbonyl (C=O) groups excluding carboxylic acids is 2. The highest BCUT2D eigenvalue weighted by molar-refractivity contribution is 8.27. The number of hydrogen-bond acceptors (Lipinski definition) is 6. The molecule has 4 heterocycles. The van der Waals surface area contributed by atoms with Gasteiger partial charge in [-0.2, -0.15) is 15.1 Å². The van der Waals surface area contributed by atoms with Crippen molar-refractivity contribution < 1.29 is 14.3 Å². The van der Waals surface area contributed by atoms with Crippen molar-refractivity contribution >= 4 is 68.9 Å². The van der Waals surface area contributed by atoms with Crippen molar-refractivity contribution in [3.05, 3.63) is 56.8 Å². The predicted octanol–water partition coefficient (Wildman–Crippen LogP) is 4.27. The molecule has 0 radical (unpaired) electrons. The Morgan fingerprint density at radius 1 is 1.22 bits per heavy atom. The summed E-state index contributed by atoms with van der Waals surface area (Å²) in [6, 6.07) is 7.20. The minimum Gasteiger partial charge on any atom is -0.378 e. The summed E-state index contributed by atoms with van der Waals surface area (Å²) in [5.41, 5.74) is 3.38. The van der Waals surface area contributed by atoms with Crippen LogP contribution in [0.4, 0.5) is 0 Å². The van der Waals surface area contributed by atoms with E-state index in [1.54, 1.807) is 23.1 Å². The van der Waals surface area contributed by atoms with Gasteiger partial charge in [0.25, 0.3) is 5.91 Å². The van der Waals surface area contributed by atoms with Gasteiger partial charge in [0.15, 0.2) is 5.84 Å². The first-order valence-corrected chi connectivity index (χ1v) is 12.8. The number of fused-ring (bicyclic) bond motifs is 1. The molecule has 1 aromatic heterocycles. The van der Waals surface area contributed by atoms with E-state index in [4.69, 9.17) is 33.3 Å². The van der Waals surface area contributed by atoms with Gasteiger partial charge in [0.2, 0.25) is 11.1 Å². The van der Waals surface area contributed by atoms with Gasteiger partial charge >= 0.3 is 0 Å². The summed E-state index contributed by atoms with van der Waals surface area (Å²) >= 11 is 13.6. The molecule has 9 nitrogen and oxygen atoms in total. The van der Waals surface area contributed by atoms with Gasteiger partial charge in [0, 0.05) is 29.5 Å². The first-order valence-electron chi connectivity index (χ1n) is 11.2. The van der Waals surface area contributed by atoms with Crippen LogP contribution in [0, 0.1) is 19.3 Å². The molecule has 0 aliphatic carbocycles. The van der Waals surface area contributed by atoms with Crippen LogP contribution < -0.4 is 0 Å². The van der Waals surface area contributed by atoms with Gasteiger partial charge in [-0.05, 0) is 61.5 Å². The van der Waals surface area contributed by atoms with Crippen molar-refractivity contribution in [3.63, 3.8) is 0 Å². The predicted molar refractivity (Wildman–Crippen MR) is 142 cm³/mol. The van der Waals surface area contributed by atoms with Crippen molar-refractivity contribution in [1.29, 1.82) is 5.41 Å². The first kappa shape index (κ1) is 24.8. The summed E-state index contributed by atoms with van der Waals surface area (Å²) in [6.45, 7) is 5.97. The van der Waals surface area contributed by atoms with Crippen LogP contribution in [-0.2, 0) is 14.3 Å². The lowest BCUT2D eigenvalue weighted by Crippen LogP contribution is -2.41. The third kappa shape index (κ3) is 4.61. The Labute approximate surface area is 221 Å². The zero-order chi connectivity index (χ0) is 25.6. The molecular weight excluding hydrogens is 523 g/mol. The van der Waals surface area contributed by atoms with Crippen LogP contribution in [-0.4, -0.2) is 68.6 Å². The number of benzene rings is 1. The lowest BCUT2D eigenvalue weighted by Gasteiger charge is -2.26. The number of carbonyl (C=O) groups is 2. The Bertz CT molecular complexity index is 1390. The average molecular weight is 545 g/mol. The molecule has 2 aromatic rings. The zero-order valence-electron chi connectivity index (χ0n) is 19.5. The highest BCUT2D eigenvalue weighted by atomic mass is 35.5. The van der Waals surface area contributed by atoms with E-state index < -0.39 is 5.91 Å². The fourth-order valence-electron chi connectivity index (χ4n) is 4.28. The molecule has 1 N–H and O–H groups in total. The second-order valence-electron chi connectivity index (χ2n) is 8.44. The van der Waals surface area contributed by atoms with Gasteiger partial charge in [0.05, 0.1) is 35.9 Å². The summed E-state index contributed by atoms with van der Waals surface area (Å²) in [7, 11) is 0. The third-order valence-electron chi connectivity index (χ3n) is 6.08. The number of aliphatic imine (C=N–C) groups is 1. The summed E-state index contributed by atoms with van der Waals surface area (Å²) in [5, 5.41) is 16.2. The number of nitrogens with zero attached hydrogens (tertiary/aromatic N) is 5.